The van der Waals surface area contributed by atoms with Crippen LogP contribution in [0.2, 0.25) is 0 Å². The molecule has 0 saturated carbocycles. The van der Waals surface area contributed by atoms with Crippen molar-refractivity contribution in [2.24, 2.45) is 0 Å². The Labute approximate surface area is 444 Å². The second-order valence-electron chi connectivity index (χ2n) is 20.2. The molecule has 0 aliphatic carbocycles. The molecule has 73 heavy (non-hydrogen) atoms. The van der Waals surface area contributed by atoms with Crippen molar-refractivity contribution < 1.29 is 49.3 Å². The van der Waals surface area contributed by atoms with Crippen molar-refractivity contribution in [1.29, 1.82) is 0 Å². The van der Waals surface area contributed by atoms with E-state index in [-0.39, 0.29) is 19.4 Å². The number of carbonyl (C=O) groups excluding carboxylic acids is 2. The van der Waals surface area contributed by atoms with Gasteiger partial charge in [-0.1, -0.05) is 266 Å². The highest BCUT2D eigenvalue weighted by Gasteiger charge is 2.47. The van der Waals surface area contributed by atoms with Gasteiger partial charge in [0.25, 0.3) is 0 Å². The van der Waals surface area contributed by atoms with Crippen LogP contribution in [0.3, 0.4) is 0 Å². The number of amides is 1. The van der Waals surface area contributed by atoms with Crippen LogP contribution in [0, 0.1) is 0 Å². The van der Waals surface area contributed by atoms with Crippen molar-refractivity contribution in [3.63, 3.8) is 0 Å². The zero-order chi connectivity index (χ0) is 53.3. The number of ether oxygens (including phenoxy) is 3. The lowest BCUT2D eigenvalue weighted by Crippen LogP contribution is -2.61. The number of hydrogen-bond acceptors (Lipinski definition) is 10. The van der Waals surface area contributed by atoms with Crippen LogP contribution in [0.1, 0.15) is 233 Å². The van der Waals surface area contributed by atoms with Gasteiger partial charge in [-0.15, -0.1) is 0 Å². The van der Waals surface area contributed by atoms with Gasteiger partial charge in [0.1, 0.15) is 24.4 Å². The van der Waals surface area contributed by atoms with E-state index in [1.54, 1.807) is 6.08 Å². The summed E-state index contributed by atoms with van der Waals surface area (Å²) in [5.41, 5.74) is 0. The van der Waals surface area contributed by atoms with E-state index < -0.39 is 67.4 Å². The summed E-state index contributed by atoms with van der Waals surface area (Å²) < 4.78 is 17.5. The summed E-state index contributed by atoms with van der Waals surface area (Å²) in [6.07, 6.45) is 53.3. The van der Waals surface area contributed by atoms with Crippen LogP contribution in [-0.4, -0.2) is 99.6 Å². The maximum absolute atomic E-state index is 13.4. The largest absolute Gasteiger partial charge is 0.454 e. The molecule has 0 spiro atoms. The quantitative estimate of drug-likeness (QED) is 0.0149. The molecule has 0 bridgehead atoms. The first-order valence-electron chi connectivity index (χ1n) is 29.4. The standard InChI is InChI=1S/C62H107NO10/c1-4-7-10-13-16-19-22-25-27-28-29-32-35-38-41-44-47-50-57(67)73-60-59(69)58(68)56(51-64)72-62(60)71-52-53(54(65)48-45-42-39-36-33-30-24-21-18-15-12-9-6-3)63-61(70)55(66)49-46-43-40-37-34-31-26-23-20-17-14-11-8-5-2/h7,10,13,16,19,22,25,27-29,32,35,45,48,53-56,58-60,62,64-66,68-69H,4-6,8-9,11-12,14-15,17-18,20-21,23-24,26,30-31,33-34,36-44,46-47,49-52H2,1-3H3,(H,63,70)/b10-7-,16-13+,22-19+,27-25-,29-28+,35-32+,48-45+. The van der Waals surface area contributed by atoms with E-state index in [9.17, 15) is 35.1 Å². The average Bonchev–Trinajstić information content (AvgIpc) is 3.39. The number of aliphatic hydroxyl groups is 5. The normalized spacial score (nSPS) is 20.0. The van der Waals surface area contributed by atoms with Gasteiger partial charge in [-0.05, 0) is 44.9 Å². The van der Waals surface area contributed by atoms with Crippen LogP contribution in [-0.2, 0) is 23.8 Å². The molecule has 11 heteroatoms. The van der Waals surface area contributed by atoms with Gasteiger partial charge >= 0.3 is 5.97 Å². The molecule has 11 nitrogen and oxygen atoms in total. The Morgan fingerprint density at radius 3 is 1.48 bits per heavy atom. The Balaban J connectivity index is 2.77. The predicted octanol–water partition coefficient (Wildman–Crippen LogP) is 13.4. The Hall–Kier alpha value is -3.16. The zero-order valence-corrected chi connectivity index (χ0v) is 46.2. The van der Waals surface area contributed by atoms with E-state index in [0.29, 0.717) is 12.8 Å². The number of hydrogen-bond donors (Lipinski definition) is 6. The molecule has 0 aromatic heterocycles. The van der Waals surface area contributed by atoms with Gasteiger partial charge in [0.15, 0.2) is 12.4 Å². The van der Waals surface area contributed by atoms with Crippen molar-refractivity contribution in [3.05, 3.63) is 85.1 Å². The molecule has 1 aliphatic rings. The van der Waals surface area contributed by atoms with Gasteiger partial charge < -0.3 is 45.1 Å². The maximum atomic E-state index is 13.4. The predicted molar refractivity (Wildman–Crippen MR) is 301 cm³/mol. The average molecular weight is 1030 g/mol. The topological polar surface area (TPSA) is 175 Å². The molecule has 6 N–H and O–H groups in total. The van der Waals surface area contributed by atoms with Crippen LogP contribution < -0.4 is 5.32 Å². The molecule has 0 aromatic carbocycles. The molecule has 8 unspecified atom stereocenters. The van der Waals surface area contributed by atoms with Crippen molar-refractivity contribution >= 4 is 11.9 Å². The van der Waals surface area contributed by atoms with E-state index in [1.165, 1.54) is 122 Å². The van der Waals surface area contributed by atoms with Crippen LogP contribution in [0.15, 0.2) is 85.1 Å². The molecule has 0 aromatic rings. The number of rotatable bonds is 48. The number of nitrogens with one attached hydrogen (secondary N) is 1. The third-order valence-corrected chi connectivity index (χ3v) is 13.5. The fourth-order valence-electron chi connectivity index (χ4n) is 8.80. The maximum Gasteiger partial charge on any atom is 0.306 e. The number of aliphatic hydroxyl groups excluding tert-OH is 5. The third-order valence-electron chi connectivity index (χ3n) is 13.5. The number of esters is 1. The second-order valence-corrected chi connectivity index (χ2v) is 20.2. The summed E-state index contributed by atoms with van der Waals surface area (Å²) in [7, 11) is 0. The molecule has 1 heterocycles. The summed E-state index contributed by atoms with van der Waals surface area (Å²) in [6, 6.07) is -1.03. The number of carbonyl (C=O) groups is 2. The number of allylic oxidation sites excluding steroid dienone is 13. The van der Waals surface area contributed by atoms with E-state index in [0.717, 1.165) is 64.2 Å². The molecule has 0 radical (unpaired) electrons. The third kappa shape index (κ3) is 38.1. The Morgan fingerprint density at radius 1 is 0.548 bits per heavy atom. The van der Waals surface area contributed by atoms with Crippen LogP contribution >= 0.6 is 0 Å². The van der Waals surface area contributed by atoms with E-state index >= 15 is 0 Å². The van der Waals surface area contributed by atoms with Crippen LogP contribution in [0.25, 0.3) is 0 Å². The zero-order valence-electron chi connectivity index (χ0n) is 46.2. The molecule has 1 aliphatic heterocycles. The number of unbranched alkanes of at least 4 members (excludes halogenated alkanes) is 27. The van der Waals surface area contributed by atoms with E-state index in [2.05, 4.69) is 38.2 Å². The van der Waals surface area contributed by atoms with Gasteiger partial charge in [-0.25, -0.2) is 0 Å². The molecule has 1 saturated heterocycles. The molecule has 1 amide bonds. The van der Waals surface area contributed by atoms with Crippen molar-refractivity contribution in [3.8, 4) is 0 Å². The minimum absolute atomic E-state index is 0.0694. The van der Waals surface area contributed by atoms with Gasteiger partial charge in [0.05, 0.1) is 25.4 Å². The molecule has 1 fully saturated rings. The Kier molecular flexibility index (Phi) is 46.2. The SMILES string of the molecule is CC\C=C/C=C/C=C/C=C\C=C\C=C\CCCCCC(=O)OC1C(OCC(NC(=O)C(O)CCCCCCCCCCCCCCCC)C(O)/C=C/CCCCCCCCCCCCC)OC(CO)C(O)C1O. The summed E-state index contributed by atoms with van der Waals surface area (Å²) in [4.78, 5) is 26.5. The van der Waals surface area contributed by atoms with Gasteiger partial charge in [0, 0.05) is 6.42 Å². The summed E-state index contributed by atoms with van der Waals surface area (Å²) in [6.45, 7) is 5.61. The first-order valence-corrected chi connectivity index (χ1v) is 29.4. The lowest BCUT2D eigenvalue weighted by Gasteiger charge is -2.41. The van der Waals surface area contributed by atoms with E-state index in [4.69, 9.17) is 14.2 Å². The van der Waals surface area contributed by atoms with Crippen molar-refractivity contribution in [1.82, 2.24) is 5.32 Å². The highest BCUT2D eigenvalue weighted by atomic mass is 16.7. The Bertz CT molecular complexity index is 1510. The van der Waals surface area contributed by atoms with Crippen LogP contribution in [0.5, 0.6) is 0 Å². The molecule has 8 atom stereocenters. The fraction of sp³-hybridized carbons (Fsp3) is 0.742. The first kappa shape index (κ1) is 67.9. The van der Waals surface area contributed by atoms with Gasteiger partial charge in [0.2, 0.25) is 5.91 Å². The van der Waals surface area contributed by atoms with E-state index in [1.807, 2.05) is 66.8 Å². The summed E-state index contributed by atoms with van der Waals surface area (Å²) >= 11 is 0. The highest BCUT2D eigenvalue weighted by molar-refractivity contribution is 5.80. The molecular weight excluding hydrogens is 919 g/mol. The lowest BCUT2D eigenvalue weighted by atomic mass is 9.99. The monoisotopic (exact) mass is 1030 g/mol. The fourth-order valence-corrected chi connectivity index (χ4v) is 8.80. The summed E-state index contributed by atoms with van der Waals surface area (Å²) in [5.74, 6) is -1.24. The first-order chi connectivity index (χ1) is 35.7. The van der Waals surface area contributed by atoms with Crippen molar-refractivity contribution in [2.45, 2.75) is 282 Å². The minimum atomic E-state index is -1.63. The minimum Gasteiger partial charge on any atom is -0.454 e. The molecular formula is C62H107NO10. The smallest absolute Gasteiger partial charge is 0.306 e. The highest BCUT2D eigenvalue weighted by Crippen LogP contribution is 2.26. The van der Waals surface area contributed by atoms with Crippen LogP contribution in [0.4, 0.5) is 0 Å². The van der Waals surface area contributed by atoms with Gasteiger partial charge in [-0.3, -0.25) is 9.59 Å². The Morgan fingerprint density at radius 2 is 0.986 bits per heavy atom. The second kappa shape index (κ2) is 49.7. The molecule has 1 rings (SSSR count). The molecule has 420 valence electrons. The van der Waals surface area contributed by atoms with Gasteiger partial charge in [-0.2, -0.15) is 0 Å². The lowest BCUT2D eigenvalue weighted by molar-refractivity contribution is -0.305. The summed E-state index contributed by atoms with van der Waals surface area (Å²) in [5, 5.41) is 56.9. The van der Waals surface area contributed by atoms with Crippen molar-refractivity contribution in [2.75, 3.05) is 13.2 Å².